The molecule has 0 unspecified atom stereocenters. The normalized spacial score (nSPS) is 10.3. The standard InChI is InChI=1S/C25H27ClN4O4.C5H13N/c1-17-13-29-24(27-11-10-19-6-4-3-5-7-19)25(33)30(17)15-23(32)28-14-20-12-21(26)8-9-22(20)34-16-18(2)31;1-2-3-4-5-6/h3-9,12-13H,10-11,14-16H2,1-2H3,(H,27,29)(H,28,32);2-6H2,1H3. The van der Waals surface area contributed by atoms with Crippen LogP contribution >= 0.6 is 11.6 Å². The zero-order chi connectivity index (χ0) is 29.3. The Hall–Kier alpha value is -3.69. The summed E-state index contributed by atoms with van der Waals surface area (Å²) in [5.41, 5.74) is 7.20. The van der Waals surface area contributed by atoms with Gasteiger partial charge in [-0.2, -0.15) is 0 Å². The average Bonchev–Trinajstić information content (AvgIpc) is 2.94. The van der Waals surface area contributed by atoms with E-state index in [1.54, 1.807) is 31.3 Å². The third-order valence-electron chi connectivity index (χ3n) is 5.84. The highest BCUT2D eigenvalue weighted by Crippen LogP contribution is 2.23. The second kappa shape index (κ2) is 17.8. The highest BCUT2D eigenvalue weighted by atomic mass is 35.5. The maximum Gasteiger partial charge on any atom is 0.293 e. The number of rotatable bonds is 14. The minimum Gasteiger partial charge on any atom is -0.485 e. The fourth-order valence-corrected chi connectivity index (χ4v) is 3.85. The summed E-state index contributed by atoms with van der Waals surface area (Å²) in [5, 5.41) is 6.32. The molecule has 9 nitrogen and oxygen atoms in total. The van der Waals surface area contributed by atoms with Crippen LogP contribution < -0.4 is 26.7 Å². The Morgan fingerprint density at radius 3 is 2.52 bits per heavy atom. The molecule has 1 aromatic heterocycles. The first-order chi connectivity index (χ1) is 19.2. The first-order valence-corrected chi connectivity index (χ1v) is 13.8. The van der Waals surface area contributed by atoms with E-state index in [4.69, 9.17) is 22.1 Å². The van der Waals surface area contributed by atoms with Gasteiger partial charge in [-0.05, 0) is 57.0 Å². The van der Waals surface area contributed by atoms with Crippen LogP contribution in [0.5, 0.6) is 5.75 Å². The summed E-state index contributed by atoms with van der Waals surface area (Å²) < 4.78 is 6.87. The molecule has 3 rings (SSSR count). The van der Waals surface area contributed by atoms with Crippen molar-refractivity contribution >= 4 is 29.1 Å². The Kier molecular flexibility index (Phi) is 14.5. The molecule has 4 N–H and O–H groups in total. The van der Waals surface area contributed by atoms with Crippen LogP contribution in [0.4, 0.5) is 5.82 Å². The van der Waals surface area contributed by atoms with E-state index >= 15 is 0 Å². The second-order valence-electron chi connectivity index (χ2n) is 9.32. The van der Waals surface area contributed by atoms with E-state index in [2.05, 4.69) is 22.5 Å². The number of halogens is 1. The molecule has 0 fully saturated rings. The number of aromatic nitrogens is 2. The van der Waals surface area contributed by atoms with Crippen molar-refractivity contribution in [1.29, 1.82) is 0 Å². The van der Waals surface area contributed by atoms with Crippen LogP contribution in [0.3, 0.4) is 0 Å². The van der Waals surface area contributed by atoms with Crippen LogP contribution in [0.15, 0.2) is 59.5 Å². The number of hydrogen-bond donors (Lipinski definition) is 3. The number of nitrogens with one attached hydrogen (secondary N) is 2. The van der Waals surface area contributed by atoms with Gasteiger partial charge in [-0.3, -0.25) is 19.0 Å². The number of hydrogen-bond acceptors (Lipinski definition) is 7. The van der Waals surface area contributed by atoms with E-state index in [0.717, 1.165) is 18.5 Å². The molecule has 0 aliphatic rings. The van der Waals surface area contributed by atoms with E-state index in [1.165, 1.54) is 30.8 Å². The largest absolute Gasteiger partial charge is 0.485 e. The average molecular weight is 570 g/mol. The van der Waals surface area contributed by atoms with E-state index in [0.29, 0.717) is 28.6 Å². The molecule has 0 spiro atoms. The molecule has 0 aliphatic carbocycles. The van der Waals surface area contributed by atoms with Crippen molar-refractivity contribution in [3.05, 3.63) is 86.9 Å². The first-order valence-electron chi connectivity index (χ1n) is 13.5. The molecule has 0 aliphatic heterocycles. The van der Waals surface area contributed by atoms with Crippen molar-refractivity contribution in [1.82, 2.24) is 14.9 Å². The predicted octanol–water partition coefficient (Wildman–Crippen LogP) is 4.28. The number of amides is 1. The molecular weight excluding hydrogens is 530 g/mol. The summed E-state index contributed by atoms with van der Waals surface area (Å²) in [4.78, 5) is 40.9. The Morgan fingerprint density at radius 1 is 1.12 bits per heavy atom. The van der Waals surface area contributed by atoms with Crippen molar-refractivity contribution in [2.75, 3.05) is 25.0 Å². The van der Waals surface area contributed by atoms with Crippen molar-refractivity contribution in [2.45, 2.75) is 59.5 Å². The molecule has 1 heterocycles. The number of nitrogens with zero attached hydrogens (tertiary/aromatic N) is 2. The Bertz CT molecular complexity index is 1280. The lowest BCUT2D eigenvalue weighted by Crippen LogP contribution is -2.34. The van der Waals surface area contributed by atoms with E-state index in [9.17, 15) is 14.4 Å². The SMILES string of the molecule is CC(=O)COc1ccc(Cl)cc1CNC(=O)Cn1c(C)cnc(NCCc2ccccc2)c1=O.CCCCCN. The lowest BCUT2D eigenvalue weighted by atomic mass is 10.1. The zero-order valence-electron chi connectivity index (χ0n) is 23.5. The molecule has 3 aromatic rings. The minimum absolute atomic E-state index is 0.0752. The number of ether oxygens (including phenoxy) is 1. The lowest BCUT2D eigenvalue weighted by Gasteiger charge is -2.14. The van der Waals surface area contributed by atoms with Crippen LogP contribution in [0.25, 0.3) is 0 Å². The van der Waals surface area contributed by atoms with Crippen LogP contribution in [-0.4, -0.2) is 40.9 Å². The molecule has 1 amide bonds. The maximum atomic E-state index is 12.9. The summed E-state index contributed by atoms with van der Waals surface area (Å²) in [6.07, 6.45) is 6.05. The number of unbranched alkanes of at least 4 members (excludes halogenated alkanes) is 2. The van der Waals surface area contributed by atoms with Crippen molar-refractivity contribution < 1.29 is 14.3 Å². The molecule has 0 bridgehead atoms. The van der Waals surface area contributed by atoms with Gasteiger partial charge in [-0.15, -0.1) is 0 Å². The molecule has 0 saturated heterocycles. The van der Waals surface area contributed by atoms with Crippen LogP contribution in [-0.2, 0) is 29.1 Å². The number of ketones is 1. The number of benzene rings is 2. The molecule has 40 heavy (non-hydrogen) atoms. The third kappa shape index (κ3) is 11.6. The van der Waals surface area contributed by atoms with Crippen LogP contribution in [0.1, 0.15) is 49.9 Å². The lowest BCUT2D eigenvalue weighted by molar-refractivity contribution is -0.122. The van der Waals surface area contributed by atoms with Gasteiger partial charge >= 0.3 is 0 Å². The zero-order valence-corrected chi connectivity index (χ0v) is 24.3. The van der Waals surface area contributed by atoms with Gasteiger partial charge in [-0.25, -0.2) is 4.98 Å². The van der Waals surface area contributed by atoms with Gasteiger partial charge in [0.05, 0.1) is 0 Å². The molecule has 10 heteroatoms. The minimum atomic E-state index is -0.364. The van der Waals surface area contributed by atoms with Crippen molar-refractivity contribution in [3.8, 4) is 5.75 Å². The summed E-state index contributed by atoms with van der Waals surface area (Å²) in [5.74, 6) is 0.181. The van der Waals surface area contributed by atoms with Crippen LogP contribution in [0.2, 0.25) is 5.02 Å². The monoisotopic (exact) mass is 569 g/mol. The summed E-state index contributed by atoms with van der Waals surface area (Å²) >= 11 is 6.07. The topological polar surface area (TPSA) is 128 Å². The van der Waals surface area contributed by atoms with Crippen molar-refractivity contribution in [3.63, 3.8) is 0 Å². The number of nitrogens with two attached hydrogens (primary N) is 1. The maximum absolute atomic E-state index is 12.9. The Balaban J connectivity index is 0.000000840. The Labute approximate surface area is 241 Å². The molecule has 0 atom stereocenters. The quantitative estimate of drug-likeness (QED) is 0.247. The van der Waals surface area contributed by atoms with Crippen LogP contribution in [0, 0.1) is 6.92 Å². The summed E-state index contributed by atoms with van der Waals surface area (Å²) in [6.45, 7) is 6.62. The number of carbonyl (C=O) groups is 2. The fourth-order valence-electron chi connectivity index (χ4n) is 3.65. The highest BCUT2D eigenvalue weighted by molar-refractivity contribution is 6.30. The van der Waals surface area contributed by atoms with Crippen molar-refractivity contribution in [2.24, 2.45) is 5.73 Å². The second-order valence-corrected chi connectivity index (χ2v) is 9.75. The van der Waals surface area contributed by atoms with Gasteiger partial charge in [0.1, 0.15) is 18.9 Å². The molecule has 0 saturated carbocycles. The Morgan fingerprint density at radius 2 is 1.88 bits per heavy atom. The van der Waals surface area contributed by atoms with Gasteiger partial charge in [-0.1, -0.05) is 61.7 Å². The number of aryl methyl sites for hydroxylation is 1. The van der Waals surface area contributed by atoms with E-state index in [1.807, 2.05) is 30.3 Å². The van der Waals surface area contributed by atoms with Gasteiger partial charge in [0.2, 0.25) is 5.91 Å². The predicted molar refractivity (Wildman–Crippen MR) is 160 cm³/mol. The fraction of sp³-hybridized carbons (Fsp3) is 0.400. The number of Topliss-reactive ketones (excluding diaryl/α,β-unsaturated/α-hetero) is 1. The number of anilines is 1. The molecule has 2 aromatic carbocycles. The molecule has 0 radical (unpaired) electrons. The molecule has 216 valence electrons. The summed E-state index contributed by atoms with van der Waals surface area (Å²) in [6, 6.07) is 14.9. The van der Waals surface area contributed by atoms with E-state index in [-0.39, 0.29) is 42.8 Å². The van der Waals surface area contributed by atoms with Gasteiger partial charge in [0.25, 0.3) is 5.56 Å². The smallest absolute Gasteiger partial charge is 0.293 e. The van der Waals surface area contributed by atoms with Gasteiger partial charge < -0.3 is 21.1 Å². The molecular formula is C30H40ClN5O4. The third-order valence-corrected chi connectivity index (χ3v) is 6.08. The first kappa shape index (κ1) is 32.5. The highest BCUT2D eigenvalue weighted by Gasteiger charge is 2.13. The summed E-state index contributed by atoms with van der Waals surface area (Å²) in [7, 11) is 0. The number of carbonyl (C=O) groups excluding carboxylic acids is 2. The van der Waals surface area contributed by atoms with Gasteiger partial charge in [0.15, 0.2) is 11.6 Å². The van der Waals surface area contributed by atoms with E-state index < -0.39 is 0 Å². The van der Waals surface area contributed by atoms with Gasteiger partial charge in [0, 0.05) is 35.6 Å².